The van der Waals surface area contributed by atoms with Crippen LogP contribution in [0.5, 0.6) is 0 Å². The van der Waals surface area contributed by atoms with Crippen LogP contribution in [0.4, 0.5) is 4.39 Å². The van der Waals surface area contributed by atoms with E-state index in [0.29, 0.717) is 5.69 Å². The molecule has 1 rings (SSSR count). The van der Waals surface area contributed by atoms with Crippen LogP contribution in [-0.2, 0) is 0 Å². The molecule has 0 bridgehead atoms. The molecule has 11 heavy (non-hydrogen) atoms. The molecule has 1 atom stereocenters. The van der Waals surface area contributed by atoms with Gasteiger partial charge in [0.25, 0.3) is 0 Å². The predicted octanol–water partition coefficient (Wildman–Crippen LogP) is 0.213. The second-order valence-corrected chi connectivity index (χ2v) is 2.19. The van der Waals surface area contributed by atoms with E-state index in [1.165, 1.54) is 12.1 Å². The first-order chi connectivity index (χ1) is 5.24. The van der Waals surface area contributed by atoms with E-state index in [4.69, 9.17) is 10.8 Å². The molecule has 0 aromatic carbocycles. The fraction of sp³-hybridized carbons (Fsp3) is 0.286. The van der Waals surface area contributed by atoms with Crippen molar-refractivity contribution >= 4 is 0 Å². The van der Waals surface area contributed by atoms with E-state index in [9.17, 15) is 4.39 Å². The molecule has 0 aliphatic carbocycles. The summed E-state index contributed by atoms with van der Waals surface area (Å²) in [6, 6.07) is 2.20. The highest BCUT2D eigenvalue weighted by Gasteiger charge is 2.04. The van der Waals surface area contributed by atoms with Crippen molar-refractivity contribution < 1.29 is 9.50 Å². The van der Waals surface area contributed by atoms with E-state index >= 15 is 0 Å². The molecule has 0 saturated carbocycles. The van der Waals surface area contributed by atoms with Crippen LogP contribution in [-0.4, -0.2) is 16.7 Å². The molecule has 0 aliphatic heterocycles. The molecule has 0 aliphatic rings. The summed E-state index contributed by atoms with van der Waals surface area (Å²) in [4.78, 5) is 3.69. The zero-order valence-electron chi connectivity index (χ0n) is 5.87. The third kappa shape index (κ3) is 1.96. The second-order valence-electron chi connectivity index (χ2n) is 2.19. The molecule has 1 heterocycles. The van der Waals surface area contributed by atoms with Crippen molar-refractivity contribution in [3.8, 4) is 0 Å². The molecule has 0 amide bonds. The number of nitrogens with two attached hydrogens (primary N) is 1. The van der Waals surface area contributed by atoms with Gasteiger partial charge in [0.05, 0.1) is 24.5 Å². The highest BCUT2D eigenvalue weighted by atomic mass is 19.1. The van der Waals surface area contributed by atoms with Crippen molar-refractivity contribution in [1.29, 1.82) is 0 Å². The van der Waals surface area contributed by atoms with Gasteiger partial charge >= 0.3 is 0 Å². The van der Waals surface area contributed by atoms with Crippen molar-refractivity contribution in [2.45, 2.75) is 6.04 Å². The number of rotatable bonds is 2. The zero-order chi connectivity index (χ0) is 8.27. The average Bonchev–Trinajstić information content (AvgIpc) is 2.05. The Labute approximate surface area is 63.7 Å². The summed E-state index contributed by atoms with van der Waals surface area (Å²) in [6.07, 6.45) is 1.07. The van der Waals surface area contributed by atoms with Gasteiger partial charge in [0.2, 0.25) is 0 Å². The Kier molecular flexibility index (Phi) is 2.51. The SMILES string of the molecule is N[C@@H](CO)c1ccc(F)cn1. The Morgan fingerprint density at radius 1 is 1.64 bits per heavy atom. The zero-order valence-corrected chi connectivity index (χ0v) is 5.87. The summed E-state index contributed by atoms with van der Waals surface area (Å²) in [7, 11) is 0. The number of aliphatic hydroxyl groups is 1. The van der Waals surface area contributed by atoms with Gasteiger partial charge in [-0.2, -0.15) is 0 Å². The fourth-order valence-electron chi connectivity index (χ4n) is 0.700. The van der Waals surface area contributed by atoms with E-state index in [2.05, 4.69) is 4.98 Å². The van der Waals surface area contributed by atoms with Crippen LogP contribution in [0.3, 0.4) is 0 Å². The molecule has 0 spiro atoms. The number of hydrogen-bond donors (Lipinski definition) is 2. The number of hydrogen-bond acceptors (Lipinski definition) is 3. The Morgan fingerprint density at radius 3 is 2.82 bits per heavy atom. The van der Waals surface area contributed by atoms with E-state index in [1.54, 1.807) is 0 Å². The van der Waals surface area contributed by atoms with Gasteiger partial charge in [-0.15, -0.1) is 0 Å². The second kappa shape index (κ2) is 3.41. The Balaban J connectivity index is 2.81. The summed E-state index contributed by atoms with van der Waals surface area (Å²) >= 11 is 0. The molecule has 0 saturated heterocycles. The third-order valence-electron chi connectivity index (χ3n) is 1.33. The molecule has 3 N–H and O–H groups in total. The highest BCUT2D eigenvalue weighted by Crippen LogP contribution is 2.05. The molecule has 60 valence electrons. The van der Waals surface area contributed by atoms with Gasteiger partial charge in [-0.1, -0.05) is 0 Å². The van der Waals surface area contributed by atoms with Crippen molar-refractivity contribution in [2.24, 2.45) is 5.73 Å². The van der Waals surface area contributed by atoms with E-state index < -0.39 is 11.9 Å². The number of nitrogens with zero attached hydrogens (tertiary/aromatic N) is 1. The standard InChI is InChI=1S/C7H9FN2O/c8-5-1-2-7(10-3-5)6(9)4-11/h1-3,6,11H,4,9H2/t6-/m0/s1. The minimum Gasteiger partial charge on any atom is -0.394 e. The van der Waals surface area contributed by atoms with Crippen molar-refractivity contribution in [2.75, 3.05) is 6.61 Å². The molecule has 3 nitrogen and oxygen atoms in total. The minimum atomic E-state index is -0.518. The monoisotopic (exact) mass is 156 g/mol. The molecule has 0 radical (unpaired) electrons. The summed E-state index contributed by atoms with van der Waals surface area (Å²) in [5.41, 5.74) is 5.90. The van der Waals surface area contributed by atoms with Crippen LogP contribution in [0.2, 0.25) is 0 Å². The summed E-state index contributed by atoms with van der Waals surface area (Å²) in [6.45, 7) is -0.182. The molecule has 1 aromatic rings. The van der Waals surface area contributed by atoms with Crippen LogP contribution in [0.1, 0.15) is 11.7 Å². The van der Waals surface area contributed by atoms with Crippen LogP contribution < -0.4 is 5.73 Å². The smallest absolute Gasteiger partial charge is 0.141 e. The van der Waals surface area contributed by atoms with Crippen LogP contribution in [0.25, 0.3) is 0 Å². The Bertz CT molecular complexity index is 224. The molecular formula is C7H9FN2O. The van der Waals surface area contributed by atoms with Gasteiger partial charge in [0.1, 0.15) is 5.82 Å². The lowest BCUT2D eigenvalue weighted by Gasteiger charge is -2.05. The first-order valence-electron chi connectivity index (χ1n) is 3.22. The van der Waals surface area contributed by atoms with Crippen LogP contribution in [0, 0.1) is 5.82 Å². The lowest BCUT2D eigenvalue weighted by atomic mass is 10.2. The topological polar surface area (TPSA) is 59.1 Å². The van der Waals surface area contributed by atoms with E-state index in [1.807, 2.05) is 0 Å². The lowest BCUT2D eigenvalue weighted by molar-refractivity contribution is 0.265. The fourth-order valence-corrected chi connectivity index (χ4v) is 0.700. The number of pyridine rings is 1. The number of aliphatic hydroxyl groups excluding tert-OH is 1. The first kappa shape index (κ1) is 8.10. The maximum absolute atomic E-state index is 12.3. The van der Waals surface area contributed by atoms with Gasteiger partial charge in [0, 0.05) is 0 Å². The van der Waals surface area contributed by atoms with E-state index in [0.717, 1.165) is 6.20 Å². The Morgan fingerprint density at radius 2 is 2.36 bits per heavy atom. The summed E-state index contributed by atoms with van der Waals surface area (Å²) in [5, 5.41) is 8.60. The normalized spacial score (nSPS) is 13.0. The molecule has 1 aromatic heterocycles. The van der Waals surface area contributed by atoms with Gasteiger partial charge < -0.3 is 10.8 Å². The summed E-state index contributed by atoms with van der Waals surface area (Å²) in [5.74, 6) is -0.404. The molecule has 0 unspecified atom stereocenters. The lowest BCUT2D eigenvalue weighted by Crippen LogP contribution is -2.15. The number of aromatic nitrogens is 1. The molecule has 4 heteroatoms. The van der Waals surface area contributed by atoms with Crippen LogP contribution in [0.15, 0.2) is 18.3 Å². The highest BCUT2D eigenvalue weighted by molar-refractivity contribution is 5.08. The largest absolute Gasteiger partial charge is 0.394 e. The molecular weight excluding hydrogens is 147 g/mol. The van der Waals surface area contributed by atoms with E-state index in [-0.39, 0.29) is 6.61 Å². The van der Waals surface area contributed by atoms with Gasteiger partial charge in [-0.3, -0.25) is 4.98 Å². The van der Waals surface area contributed by atoms with Crippen LogP contribution >= 0.6 is 0 Å². The minimum absolute atomic E-state index is 0.182. The predicted molar refractivity (Wildman–Crippen MR) is 38.2 cm³/mol. The Hall–Kier alpha value is -1.00. The van der Waals surface area contributed by atoms with Gasteiger partial charge in [0.15, 0.2) is 0 Å². The summed E-state index contributed by atoms with van der Waals surface area (Å²) < 4.78 is 12.3. The third-order valence-corrected chi connectivity index (χ3v) is 1.33. The van der Waals surface area contributed by atoms with Gasteiger partial charge in [-0.25, -0.2) is 4.39 Å². The number of halogens is 1. The van der Waals surface area contributed by atoms with Crippen molar-refractivity contribution in [3.63, 3.8) is 0 Å². The van der Waals surface area contributed by atoms with Gasteiger partial charge in [-0.05, 0) is 12.1 Å². The quantitative estimate of drug-likeness (QED) is 0.643. The van der Waals surface area contributed by atoms with Crippen molar-refractivity contribution in [3.05, 3.63) is 29.8 Å². The maximum Gasteiger partial charge on any atom is 0.141 e. The average molecular weight is 156 g/mol. The maximum atomic E-state index is 12.3. The molecule has 0 fully saturated rings. The first-order valence-corrected chi connectivity index (χ1v) is 3.22. The van der Waals surface area contributed by atoms with Crippen molar-refractivity contribution in [1.82, 2.24) is 4.98 Å².